The normalized spacial score (nSPS) is 10.3. The maximum atomic E-state index is 9.04. The zero-order valence-corrected chi connectivity index (χ0v) is 12.4. The summed E-state index contributed by atoms with van der Waals surface area (Å²) in [7, 11) is 1.54. The van der Waals surface area contributed by atoms with Gasteiger partial charge in [0.1, 0.15) is 16.8 Å². The largest absolute Gasteiger partial charge is 0.486 e. The molecule has 2 aromatic heterocycles. The van der Waals surface area contributed by atoms with E-state index in [0.29, 0.717) is 26.5 Å². The average Bonchev–Trinajstić information content (AvgIpc) is 3.13. The summed E-state index contributed by atoms with van der Waals surface area (Å²) in [6.07, 6.45) is 0. The Kier molecular flexibility index (Phi) is 3.56. The Morgan fingerprint density at radius 2 is 2.10 bits per heavy atom. The smallest absolute Gasteiger partial charge is 0.204 e. The summed E-state index contributed by atoms with van der Waals surface area (Å²) in [5.74, 6) is 0. The SMILES string of the molecule is COc1sc(-c2ccccc2Cl)nc1-c1n[nH]nc1C#N. The Bertz CT molecular complexity index is 835. The second-order valence-electron chi connectivity index (χ2n) is 3.97. The first kappa shape index (κ1) is 13.5. The van der Waals surface area contributed by atoms with Gasteiger partial charge in [0.2, 0.25) is 5.06 Å². The first-order chi connectivity index (χ1) is 10.2. The van der Waals surface area contributed by atoms with Crippen LogP contribution in [0.3, 0.4) is 0 Å². The van der Waals surface area contributed by atoms with Crippen molar-refractivity contribution in [1.82, 2.24) is 20.4 Å². The van der Waals surface area contributed by atoms with Gasteiger partial charge in [0.25, 0.3) is 0 Å². The molecule has 104 valence electrons. The fraction of sp³-hybridized carbons (Fsp3) is 0.0769. The monoisotopic (exact) mass is 317 g/mol. The minimum atomic E-state index is 0.171. The van der Waals surface area contributed by atoms with Gasteiger partial charge in [-0.25, -0.2) is 4.98 Å². The third-order valence-electron chi connectivity index (χ3n) is 2.76. The fourth-order valence-electron chi connectivity index (χ4n) is 1.82. The van der Waals surface area contributed by atoms with Crippen LogP contribution >= 0.6 is 22.9 Å². The van der Waals surface area contributed by atoms with Crippen LogP contribution in [0, 0.1) is 11.3 Å². The molecule has 0 aliphatic carbocycles. The molecule has 0 amide bonds. The van der Waals surface area contributed by atoms with E-state index < -0.39 is 0 Å². The first-order valence-corrected chi connectivity index (χ1v) is 7.05. The molecule has 0 fully saturated rings. The van der Waals surface area contributed by atoms with Crippen molar-refractivity contribution in [1.29, 1.82) is 5.26 Å². The highest BCUT2D eigenvalue weighted by molar-refractivity contribution is 7.17. The molecule has 0 saturated heterocycles. The second-order valence-corrected chi connectivity index (χ2v) is 5.34. The highest BCUT2D eigenvalue weighted by atomic mass is 35.5. The van der Waals surface area contributed by atoms with E-state index in [0.717, 1.165) is 5.56 Å². The maximum Gasteiger partial charge on any atom is 0.204 e. The number of methoxy groups -OCH3 is 1. The van der Waals surface area contributed by atoms with Crippen molar-refractivity contribution in [3.05, 3.63) is 35.0 Å². The van der Waals surface area contributed by atoms with E-state index >= 15 is 0 Å². The predicted octanol–water partition coefficient (Wildman–Crippen LogP) is 3.13. The molecule has 0 unspecified atom stereocenters. The summed E-state index contributed by atoms with van der Waals surface area (Å²) in [6, 6.07) is 9.36. The lowest BCUT2D eigenvalue weighted by atomic mass is 10.2. The lowest BCUT2D eigenvalue weighted by Crippen LogP contribution is -1.88. The van der Waals surface area contributed by atoms with Gasteiger partial charge in [0, 0.05) is 5.56 Å². The lowest BCUT2D eigenvalue weighted by molar-refractivity contribution is 0.427. The van der Waals surface area contributed by atoms with E-state index in [1.165, 1.54) is 11.3 Å². The molecule has 0 spiro atoms. The van der Waals surface area contributed by atoms with Crippen LogP contribution in [0.4, 0.5) is 0 Å². The van der Waals surface area contributed by atoms with Crippen LogP contribution in [0.15, 0.2) is 24.3 Å². The van der Waals surface area contributed by atoms with Crippen LogP contribution < -0.4 is 4.74 Å². The van der Waals surface area contributed by atoms with Crippen LogP contribution in [0.25, 0.3) is 22.0 Å². The molecule has 8 heteroatoms. The fourth-order valence-corrected chi connectivity index (χ4v) is 3.02. The Balaban J connectivity index is 2.16. The van der Waals surface area contributed by atoms with Gasteiger partial charge in [0.05, 0.1) is 12.1 Å². The molecule has 0 atom stereocenters. The van der Waals surface area contributed by atoms with Gasteiger partial charge in [-0.15, -0.1) is 5.10 Å². The molecule has 2 heterocycles. The number of nitrogens with one attached hydrogen (secondary N) is 1. The van der Waals surface area contributed by atoms with Crippen molar-refractivity contribution in [3.63, 3.8) is 0 Å². The van der Waals surface area contributed by atoms with Gasteiger partial charge in [-0.2, -0.15) is 15.6 Å². The van der Waals surface area contributed by atoms with Gasteiger partial charge in [0.15, 0.2) is 11.4 Å². The second kappa shape index (κ2) is 5.52. The van der Waals surface area contributed by atoms with Crippen molar-refractivity contribution in [2.45, 2.75) is 0 Å². The quantitative estimate of drug-likeness (QED) is 0.801. The molecule has 1 N–H and O–H groups in total. The van der Waals surface area contributed by atoms with Gasteiger partial charge in [-0.05, 0) is 6.07 Å². The summed E-state index contributed by atoms with van der Waals surface area (Å²) in [6.45, 7) is 0. The van der Waals surface area contributed by atoms with Crippen molar-refractivity contribution in [3.8, 4) is 33.1 Å². The van der Waals surface area contributed by atoms with E-state index in [4.69, 9.17) is 21.6 Å². The molecule has 0 bridgehead atoms. The van der Waals surface area contributed by atoms with Gasteiger partial charge in [-0.3, -0.25) is 0 Å². The van der Waals surface area contributed by atoms with Gasteiger partial charge >= 0.3 is 0 Å². The van der Waals surface area contributed by atoms with Crippen molar-refractivity contribution in [2.24, 2.45) is 0 Å². The lowest BCUT2D eigenvalue weighted by Gasteiger charge is -1.97. The molecule has 21 heavy (non-hydrogen) atoms. The van der Waals surface area contributed by atoms with E-state index in [1.807, 2.05) is 24.3 Å². The molecule has 0 saturated carbocycles. The zero-order valence-electron chi connectivity index (χ0n) is 10.8. The number of benzene rings is 1. The third-order valence-corrected chi connectivity index (χ3v) is 4.14. The van der Waals surface area contributed by atoms with Crippen LogP contribution in [-0.4, -0.2) is 27.5 Å². The number of hydrogen-bond acceptors (Lipinski definition) is 6. The number of H-pyrrole nitrogens is 1. The predicted molar refractivity (Wildman–Crippen MR) is 79.2 cm³/mol. The van der Waals surface area contributed by atoms with Crippen LogP contribution in [-0.2, 0) is 0 Å². The number of aromatic amines is 1. The van der Waals surface area contributed by atoms with Crippen molar-refractivity contribution < 1.29 is 4.74 Å². The van der Waals surface area contributed by atoms with Crippen LogP contribution in [0.1, 0.15) is 5.69 Å². The summed E-state index contributed by atoms with van der Waals surface area (Å²) in [5.41, 5.74) is 1.81. The van der Waals surface area contributed by atoms with Crippen molar-refractivity contribution in [2.75, 3.05) is 7.11 Å². The molecule has 1 aromatic carbocycles. The Labute approximate surface area is 129 Å². The molecule has 3 aromatic rings. The van der Waals surface area contributed by atoms with Crippen LogP contribution in [0.2, 0.25) is 5.02 Å². The third kappa shape index (κ3) is 2.35. The number of thiazole rings is 1. The Morgan fingerprint density at radius 3 is 2.81 bits per heavy atom. The summed E-state index contributed by atoms with van der Waals surface area (Å²) < 4.78 is 5.33. The highest BCUT2D eigenvalue weighted by Gasteiger charge is 2.21. The van der Waals surface area contributed by atoms with Crippen LogP contribution in [0.5, 0.6) is 5.06 Å². The van der Waals surface area contributed by atoms with E-state index in [-0.39, 0.29) is 5.69 Å². The highest BCUT2D eigenvalue weighted by Crippen LogP contribution is 2.41. The first-order valence-electron chi connectivity index (χ1n) is 5.85. The number of hydrogen-bond donors (Lipinski definition) is 1. The maximum absolute atomic E-state index is 9.04. The molecule has 0 aliphatic heterocycles. The number of ether oxygens (including phenoxy) is 1. The van der Waals surface area contributed by atoms with Crippen molar-refractivity contribution >= 4 is 22.9 Å². The van der Waals surface area contributed by atoms with Gasteiger partial charge in [-0.1, -0.05) is 41.1 Å². The molecule has 0 aliphatic rings. The molecule has 0 radical (unpaired) electrons. The summed E-state index contributed by atoms with van der Waals surface area (Å²) in [4.78, 5) is 4.50. The number of rotatable bonds is 3. The minimum absolute atomic E-state index is 0.171. The average molecular weight is 318 g/mol. The van der Waals surface area contributed by atoms with Gasteiger partial charge < -0.3 is 4.74 Å². The summed E-state index contributed by atoms with van der Waals surface area (Å²) in [5, 5.41) is 21.0. The Hall–Kier alpha value is -2.43. The number of aromatic nitrogens is 4. The molecule has 3 rings (SSSR count). The topological polar surface area (TPSA) is 87.5 Å². The molecular weight excluding hydrogens is 310 g/mol. The number of nitriles is 1. The number of halogens is 1. The van der Waals surface area contributed by atoms with E-state index in [1.54, 1.807) is 13.2 Å². The Morgan fingerprint density at radius 1 is 1.29 bits per heavy atom. The summed E-state index contributed by atoms with van der Waals surface area (Å²) >= 11 is 7.52. The minimum Gasteiger partial charge on any atom is -0.486 e. The zero-order chi connectivity index (χ0) is 14.8. The number of nitrogens with zero attached hydrogens (tertiary/aromatic N) is 4. The molecule has 6 nitrogen and oxygen atoms in total. The molecular formula is C13H8ClN5OS. The standard InChI is InChI=1S/C13H8ClN5OS/c1-20-13-11(10-9(6-15)17-19-18-10)16-12(21-13)7-4-2-3-5-8(7)14/h2-5H,1H3,(H,17,18,19). The van der Waals surface area contributed by atoms with E-state index in [9.17, 15) is 0 Å². The van der Waals surface area contributed by atoms with E-state index in [2.05, 4.69) is 20.4 Å².